The Kier molecular flexibility index (Phi) is 8.71. The van der Waals surface area contributed by atoms with Gasteiger partial charge >= 0.3 is 0 Å². The maximum Gasteiger partial charge on any atom is 0.129 e. The fourth-order valence-corrected chi connectivity index (χ4v) is 1.89. The highest BCUT2D eigenvalue weighted by atomic mass is 32.2. The lowest BCUT2D eigenvalue weighted by molar-refractivity contribution is -0.105. The molecule has 0 radical (unpaired) electrons. The maximum absolute atomic E-state index is 9.81. The molecule has 1 nitrogen and oxygen atoms in total. The Morgan fingerprint density at radius 3 is 2.56 bits per heavy atom. The summed E-state index contributed by atoms with van der Waals surface area (Å²) in [6.07, 6.45) is 0.960. The van der Waals surface area contributed by atoms with Gasteiger partial charge in [0.2, 0.25) is 0 Å². The van der Waals surface area contributed by atoms with Crippen LogP contribution < -0.4 is 0 Å². The van der Waals surface area contributed by atoms with E-state index in [0.29, 0.717) is 5.75 Å². The summed E-state index contributed by atoms with van der Waals surface area (Å²) in [6.45, 7) is 2.15. The SMILES string of the molecule is CCSCCSCC=O. The monoisotopic (exact) mass is 164 g/mol. The molecule has 0 amide bonds. The van der Waals surface area contributed by atoms with Gasteiger partial charge in [-0.05, 0) is 5.75 Å². The Bertz CT molecular complexity index is 66.1. The van der Waals surface area contributed by atoms with Crippen molar-refractivity contribution in [1.29, 1.82) is 0 Å². The van der Waals surface area contributed by atoms with E-state index in [1.54, 1.807) is 11.8 Å². The molecule has 3 heteroatoms. The lowest BCUT2D eigenvalue weighted by Gasteiger charge is -1.93. The van der Waals surface area contributed by atoms with Gasteiger partial charge < -0.3 is 4.79 Å². The fraction of sp³-hybridized carbons (Fsp3) is 0.833. The van der Waals surface area contributed by atoms with Crippen molar-refractivity contribution in [3.05, 3.63) is 0 Å². The smallest absolute Gasteiger partial charge is 0.129 e. The van der Waals surface area contributed by atoms with Gasteiger partial charge in [0.15, 0.2) is 0 Å². The number of thioether (sulfide) groups is 2. The summed E-state index contributed by atoms with van der Waals surface area (Å²) in [5.41, 5.74) is 0. The standard InChI is InChI=1S/C6H12OS2/c1-2-8-5-6-9-4-3-7/h3H,2,4-6H2,1H3. The highest BCUT2D eigenvalue weighted by molar-refractivity contribution is 8.03. The molecule has 0 fully saturated rings. The number of hydrogen-bond donors (Lipinski definition) is 0. The average molecular weight is 164 g/mol. The summed E-state index contributed by atoms with van der Waals surface area (Å²) in [4.78, 5) is 9.81. The van der Waals surface area contributed by atoms with Crippen molar-refractivity contribution in [1.82, 2.24) is 0 Å². The van der Waals surface area contributed by atoms with Crippen LogP contribution in [0, 0.1) is 0 Å². The van der Waals surface area contributed by atoms with Crippen LogP contribution in [0.5, 0.6) is 0 Å². The van der Waals surface area contributed by atoms with E-state index in [1.165, 1.54) is 11.5 Å². The van der Waals surface area contributed by atoms with E-state index in [0.717, 1.165) is 12.0 Å². The van der Waals surface area contributed by atoms with Crippen LogP contribution in [0.1, 0.15) is 6.92 Å². The predicted molar refractivity (Wildman–Crippen MR) is 46.4 cm³/mol. The van der Waals surface area contributed by atoms with Crippen molar-refractivity contribution >= 4 is 29.8 Å². The molecule has 0 aliphatic heterocycles. The minimum Gasteiger partial charge on any atom is -0.302 e. The Labute approximate surface area is 65.0 Å². The van der Waals surface area contributed by atoms with Crippen LogP contribution in [-0.4, -0.2) is 29.3 Å². The van der Waals surface area contributed by atoms with Gasteiger partial charge in [-0.15, -0.1) is 0 Å². The van der Waals surface area contributed by atoms with Crippen LogP contribution in [0.15, 0.2) is 0 Å². The van der Waals surface area contributed by atoms with Crippen molar-refractivity contribution in [2.75, 3.05) is 23.0 Å². The van der Waals surface area contributed by atoms with Crippen molar-refractivity contribution in [2.45, 2.75) is 6.92 Å². The van der Waals surface area contributed by atoms with Gasteiger partial charge in [-0.2, -0.15) is 23.5 Å². The highest BCUT2D eigenvalue weighted by Gasteiger charge is 1.85. The average Bonchev–Trinajstić information content (AvgIpc) is 1.89. The van der Waals surface area contributed by atoms with Crippen LogP contribution in [0.2, 0.25) is 0 Å². The van der Waals surface area contributed by atoms with E-state index in [9.17, 15) is 4.79 Å². The summed E-state index contributed by atoms with van der Waals surface area (Å²) in [6, 6.07) is 0. The number of aldehydes is 1. The molecular formula is C6H12OS2. The third-order valence-electron chi connectivity index (χ3n) is 0.762. The molecule has 0 saturated heterocycles. The van der Waals surface area contributed by atoms with Crippen LogP contribution in [0.4, 0.5) is 0 Å². The first-order valence-corrected chi connectivity index (χ1v) is 5.32. The molecule has 0 aromatic carbocycles. The van der Waals surface area contributed by atoms with E-state index >= 15 is 0 Å². The Morgan fingerprint density at radius 2 is 2.00 bits per heavy atom. The van der Waals surface area contributed by atoms with E-state index in [-0.39, 0.29) is 0 Å². The van der Waals surface area contributed by atoms with E-state index in [4.69, 9.17) is 0 Å². The molecule has 0 saturated carbocycles. The molecule has 0 unspecified atom stereocenters. The van der Waals surface area contributed by atoms with Crippen molar-refractivity contribution in [2.24, 2.45) is 0 Å². The second kappa shape index (κ2) is 8.37. The number of carbonyl (C=O) groups is 1. The van der Waals surface area contributed by atoms with Crippen LogP contribution >= 0.6 is 23.5 Å². The molecule has 0 aliphatic carbocycles. The third kappa shape index (κ3) is 8.37. The normalized spacial score (nSPS) is 9.44. The van der Waals surface area contributed by atoms with E-state index in [1.807, 2.05) is 11.8 Å². The summed E-state index contributed by atoms with van der Waals surface area (Å²) in [7, 11) is 0. The zero-order chi connectivity index (χ0) is 6.95. The summed E-state index contributed by atoms with van der Waals surface area (Å²) >= 11 is 3.63. The number of carbonyl (C=O) groups excluding carboxylic acids is 1. The summed E-state index contributed by atoms with van der Waals surface area (Å²) < 4.78 is 0. The molecular weight excluding hydrogens is 152 g/mol. The van der Waals surface area contributed by atoms with E-state index in [2.05, 4.69) is 6.92 Å². The lowest BCUT2D eigenvalue weighted by Crippen LogP contribution is -1.87. The van der Waals surface area contributed by atoms with Gasteiger partial charge in [0, 0.05) is 17.3 Å². The molecule has 0 rings (SSSR count). The quantitative estimate of drug-likeness (QED) is 0.439. The van der Waals surface area contributed by atoms with E-state index < -0.39 is 0 Å². The molecule has 0 spiro atoms. The first-order valence-electron chi connectivity index (χ1n) is 3.01. The lowest BCUT2D eigenvalue weighted by atomic mass is 10.9. The van der Waals surface area contributed by atoms with Crippen LogP contribution in [-0.2, 0) is 4.79 Å². The Morgan fingerprint density at radius 1 is 1.33 bits per heavy atom. The molecule has 0 bridgehead atoms. The predicted octanol–water partition coefficient (Wildman–Crippen LogP) is 1.67. The van der Waals surface area contributed by atoms with Crippen molar-refractivity contribution in [3.8, 4) is 0 Å². The summed E-state index contributed by atoms with van der Waals surface area (Å²) in [5, 5.41) is 0. The second-order valence-corrected chi connectivity index (χ2v) is 3.98. The molecule has 0 heterocycles. The minimum atomic E-state index is 0.657. The van der Waals surface area contributed by atoms with Crippen molar-refractivity contribution in [3.63, 3.8) is 0 Å². The van der Waals surface area contributed by atoms with Crippen molar-refractivity contribution < 1.29 is 4.79 Å². The molecule has 54 valence electrons. The summed E-state index contributed by atoms with van der Waals surface area (Å²) in [5.74, 6) is 4.12. The highest BCUT2D eigenvalue weighted by Crippen LogP contribution is 2.04. The Hall–Kier alpha value is 0.370. The molecule has 0 atom stereocenters. The maximum atomic E-state index is 9.81. The van der Waals surface area contributed by atoms with Gasteiger partial charge in [-0.1, -0.05) is 6.92 Å². The minimum absolute atomic E-state index is 0.657. The molecule has 0 N–H and O–H groups in total. The van der Waals surface area contributed by atoms with Gasteiger partial charge in [0.25, 0.3) is 0 Å². The number of rotatable bonds is 6. The van der Waals surface area contributed by atoms with Crippen LogP contribution in [0.3, 0.4) is 0 Å². The molecule has 0 aromatic rings. The van der Waals surface area contributed by atoms with Gasteiger partial charge in [0.1, 0.15) is 6.29 Å². The first kappa shape index (κ1) is 9.37. The van der Waals surface area contributed by atoms with Crippen LogP contribution in [0.25, 0.3) is 0 Å². The molecule has 0 aromatic heterocycles. The first-order chi connectivity index (χ1) is 4.41. The molecule has 9 heavy (non-hydrogen) atoms. The number of hydrogen-bond acceptors (Lipinski definition) is 3. The topological polar surface area (TPSA) is 17.1 Å². The zero-order valence-corrected chi connectivity index (χ0v) is 7.26. The largest absolute Gasteiger partial charge is 0.302 e. The molecule has 0 aliphatic rings. The zero-order valence-electron chi connectivity index (χ0n) is 5.63. The fourth-order valence-electron chi connectivity index (χ4n) is 0.394. The van der Waals surface area contributed by atoms with Gasteiger partial charge in [-0.3, -0.25) is 0 Å². The second-order valence-electron chi connectivity index (χ2n) is 1.44. The third-order valence-corrected chi connectivity index (χ3v) is 2.79. The van der Waals surface area contributed by atoms with Gasteiger partial charge in [0.05, 0.1) is 0 Å². The van der Waals surface area contributed by atoms with Gasteiger partial charge in [-0.25, -0.2) is 0 Å². The Balaban J connectivity index is 2.66.